The zero-order chi connectivity index (χ0) is 18.0. The SMILES string of the molecule is COc1cc(C[C@@H]2CO[C@@H](c3ccc(O)c(OC)c3)[C@@H]2C)ccc1O. The highest BCUT2D eigenvalue weighted by Gasteiger charge is 2.35. The minimum absolute atomic E-state index is 0.0292. The van der Waals surface area contributed by atoms with Crippen LogP contribution in [0, 0.1) is 11.8 Å². The van der Waals surface area contributed by atoms with Crippen LogP contribution < -0.4 is 9.47 Å². The summed E-state index contributed by atoms with van der Waals surface area (Å²) < 4.78 is 16.4. The topological polar surface area (TPSA) is 68.2 Å². The molecule has 5 nitrogen and oxygen atoms in total. The number of aromatic hydroxyl groups is 2. The highest BCUT2D eigenvalue weighted by Crippen LogP contribution is 2.42. The van der Waals surface area contributed by atoms with E-state index in [1.165, 1.54) is 0 Å². The third-order valence-corrected chi connectivity index (χ3v) is 4.99. The number of benzene rings is 2. The molecule has 0 unspecified atom stereocenters. The van der Waals surface area contributed by atoms with Crippen LogP contribution >= 0.6 is 0 Å². The van der Waals surface area contributed by atoms with E-state index < -0.39 is 0 Å². The fraction of sp³-hybridized carbons (Fsp3) is 0.400. The summed E-state index contributed by atoms with van der Waals surface area (Å²) in [6.07, 6.45) is 0.822. The lowest BCUT2D eigenvalue weighted by Crippen LogP contribution is -2.14. The Morgan fingerprint density at radius 1 is 1.00 bits per heavy atom. The lowest BCUT2D eigenvalue weighted by atomic mass is 9.85. The van der Waals surface area contributed by atoms with Crippen molar-refractivity contribution in [1.82, 2.24) is 0 Å². The number of phenolic OH excluding ortho intramolecular Hbond substituents is 2. The Kier molecular flexibility index (Phi) is 5.04. The largest absolute Gasteiger partial charge is 0.504 e. The molecule has 1 aliphatic heterocycles. The molecule has 1 fully saturated rings. The van der Waals surface area contributed by atoms with Crippen LogP contribution in [0.1, 0.15) is 24.2 Å². The second-order valence-electron chi connectivity index (χ2n) is 6.51. The number of hydrogen-bond acceptors (Lipinski definition) is 5. The van der Waals surface area contributed by atoms with Crippen molar-refractivity contribution in [2.24, 2.45) is 11.8 Å². The van der Waals surface area contributed by atoms with Gasteiger partial charge >= 0.3 is 0 Å². The van der Waals surface area contributed by atoms with Crippen LogP contribution in [0.25, 0.3) is 0 Å². The molecule has 0 amide bonds. The summed E-state index contributed by atoms with van der Waals surface area (Å²) in [4.78, 5) is 0. The van der Waals surface area contributed by atoms with E-state index in [1.54, 1.807) is 26.4 Å². The van der Waals surface area contributed by atoms with Crippen LogP contribution in [0.15, 0.2) is 36.4 Å². The first-order valence-electron chi connectivity index (χ1n) is 8.38. The first-order chi connectivity index (χ1) is 12.0. The van der Waals surface area contributed by atoms with Crippen LogP contribution in [0.3, 0.4) is 0 Å². The van der Waals surface area contributed by atoms with Gasteiger partial charge in [0, 0.05) is 0 Å². The molecular weight excluding hydrogens is 320 g/mol. The highest BCUT2D eigenvalue weighted by molar-refractivity contribution is 5.43. The maximum absolute atomic E-state index is 9.76. The smallest absolute Gasteiger partial charge is 0.160 e. The Balaban J connectivity index is 1.74. The van der Waals surface area contributed by atoms with Crippen LogP contribution in [0.4, 0.5) is 0 Å². The Morgan fingerprint density at radius 2 is 1.64 bits per heavy atom. The van der Waals surface area contributed by atoms with Crippen LogP contribution in [-0.4, -0.2) is 31.0 Å². The fourth-order valence-electron chi connectivity index (χ4n) is 3.45. The van der Waals surface area contributed by atoms with Gasteiger partial charge in [-0.3, -0.25) is 0 Å². The van der Waals surface area contributed by atoms with Gasteiger partial charge in [-0.25, -0.2) is 0 Å². The average Bonchev–Trinajstić information content (AvgIpc) is 2.97. The number of phenols is 2. The van der Waals surface area contributed by atoms with Gasteiger partial charge in [0.15, 0.2) is 23.0 Å². The molecule has 0 spiro atoms. The molecule has 3 rings (SSSR count). The molecule has 2 aromatic carbocycles. The first-order valence-corrected chi connectivity index (χ1v) is 8.38. The highest BCUT2D eigenvalue weighted by atomic mass is 16.5. The molecule has 3 atom stereocenters. The zero-order valence-electron chi connectivity index (χ0n) is 14.7. The molecule has 5 heteroatoms. The molecule has 2 aromatic rings. The number of methoxy groups -OCH3 is 2. The molecule has 0 bridgehead atoms. The van der Waals surface area contributed by atoms with E-state index in [2.05, 4.69) is 6.92 Å². The quantitative estimate of drug-likeness (QED) is 0.866. The van der Waals surface area contributed by atoms with Gasteiger partial charge in [0.1, 0.15) is 0 Å². The minimum Gasteiger partial charge on any atom is -0.504 e. The van der Waals surface area contributed by atoms with E-state index in [0.29, 0.717) is 29.9 Å². The Hall–Kier alpha value is -2.40. The van der Waals surface area contributed by atoms with Gasteiger partial charge in [-0.1, -0.05) is 19.1 Å². The van der Waals surface area contributed by atoms with E-state index in [9.17, 15) is 10.2 Å². The van der Waals surface area contributed by atoms with E-state index in [0.717, 1.165) is 17.5 Å². The summed E-state index contributed by atoms with van der Waals surface area (Å²) in [7, 11) is 3.09. The van der Waals surface area contributed by atoms with Crippen molar-refractivity contribution in [1.29, 1.82) is 0 Å². The van der Waals surface area contributed by atoms with Crippen molar-refractivity contribution in [3.63, 3.8) is 0 Å². The van der Waals surface area contributed by atoms with E-state index in [1.807, 2.05) is 24.3 Å². The fourth-order valence-corrected chi connectivity index (χ4v) is 3.45. The second-order valence-corrected chi connectivity index (χ2v) is 6.51. The predicted molar refractivity (Wildman–Crippen MR) is 94.4 cm³/mol. The van der Waals surface area contributed by atoms with Gasteiger partial charge < -0.3 is 24.4 Å². The molecule has 0 aliphatic carbocycles. The molecule has 0 saturated carbocycles. The average molecular weight is 344 g/mol. The van der Waals surface area contributed by atoms with Crippen molar-refractivity contribution in [3.8, 4) is 23.0 Å². The molecule has 134 valence electrons. The van der Waals surface area contributed by atoms with Crippen LogP contribution in [0.2, 0.25) is 0 Å². The summed E-state index contributed by atoms with van der Waals surface area (Å²) in [5, 5.41) is 19.5. The molecule has 1 aliphatic rings. The minimum atomic E-state index is -0.0292. The van der Waals surface area contributed by atoms with Gasteiger partial charge in [0.05, 0.1) is 26.9 Å². The molecule has 0 aromatic heterocycles. The van der Waals surface area contributed by atoms with Gasteiger partial charge in [0.25, 0.3) is 0 Å². The van der Waals surface area contributed by atoms with Crippen LogP contribution in [-0.2, 0) is 11.2 Å². The summed E-state index contributed by atoms with van der Waals surface area (Å²) >= 11 is 0. The Bertz CT molecular complexity index is 743. The second kappa shape index (κ2) is 7.23. The number of hydrogen-bond donors (Lipinski definition) is 2. The summed E-state index contributed by atoms with van der Waals surface area (Å²) in [5.74, 6) is 1.90. The summed E-state index contributed by atoms with van der Waals surface area (Å²) in [5.41, 5.74) is 2.12. The number of rotatable bonds is 5. The van der Waals surface area contributed by atoms with Crippen molar-refractivity contribution in [2.45, 2.75) is 19.4 Å². The van der Waals surface area contributed by atoms with Gasteiger partial charge in [-0.2, -0.15) is 0 Å². The zero-order valence-corrected chi connectivity index (χ0v) is 14.7. The van der Waals surface area contributed by atoms with E-state index in [4.69, 9.17) is 14.2 Å². The third-order valence-electron chi connectivity index (χ3n) is 4.99. The standard InChI is InChI=1S/C20H24O5/c1-12-15(8-13-4-6-16(21)18(9-13)23-2)11-25-20(12)14-5-7-17(22)19(10-14)24-3/h4-7,9-10,12,15,20-22H,8,11H2,1-3H3/t12-,15-,20-/m1/s1. The van der Waals surface area contributed by atoms with Gasteiger partial charge in [-0.15, -0.1) is 0 Å². The molecule has 0 radical (unpaired) electrons. The number of ether oxygens (including phenoxy) is 3. The monoisotopic (exact) mass is 344 g/mol. The summed E-state index contributed by atoms with van der Waals surface area (Å²) in [6, 6.07) is 10.8. The van der Waals surface area contributed by atoms with Gasteiger partial charge in [0.2, 0.25) is 0 Å². The van der Waals surface area contributed by atoms with Gasteiger partial charge in [-0.05, 0) is 53.6 Å². The molecule has 1 saturated heterocycles. The van der Waals surface area contributed by atoms with Crippen molar-refractivity contribution < 1.29 is 24.4 Å². The lowest BCUT2D eigenvalue weighted by molar-refractivity contribution is 0.0932. The lowest BCUT2D eigenvalue weighted by Gasteiger charge is -2.20. The normalized spacial score (nSPS) is 22.8. The Labute approximate surface area is 147 Å². The maximum Gasteiger partial charge on any atom is 0.160 e. The molecule has 25 heavy (non-hydrogen) atoms. The molecule has 1 heterocycles. The van der Waals surface area contributed by atoms with Crippen LogP contribution in [0.5, 0.6) is 23.0 Å². The molecule has 2 N–H and O–H groups in total. The van der Waals surface area contributed by atoms with E-state index >= 15 is 0 Å². The molecular formula is C20H24O5. The van der Waals surface area contributed by atoms with Crippen molar-refractivity contribution >= 4 is 0 Å². The third kappa shape index (κ3) is 3.51. The predicted octanol–water partition coefficient (Wildman–Crippen LogP) is 3.68. The summed E-state index contributed by atoms with van der Waals surface area (Å²) in [6.45, 7) is 2.84. The Morgan fingerprint density at radius 3 is 2.32 bits per heavy atom. The van der Waals surface area contributed by atoms with Crippen molar-refractivity contribution in [3.05, 3.63) is 47.5 Å². The van der Waals surface area contributed by atoms with E-state index in [-0.39, 0.29) is 17.6 Å². The first kappa shape index (κ1) is 17.4. The maximum atomic E-state index is 9.76. The van der Waals surface area contributed by atoms with Crippen molar-refractivity contribution in [2.75, 3.05) is 20.8 Å².